The van der Waals surface area contributed by atoms with Crippen LogP contribution in [-0.4, -0.2) is 74.6 Å². The van der Waals surface area contributed by atoms with Gasteiger partial charge in [-0.3, -0.25) is 9.69 Å². The fourth-order valence-corrected chi connectivity index (χ4v) is 4.17. The number of carbonyl (C=O) groups excluding carboxylic acids is 1. The maximum atomic E-state index is 15.2. The molecule has 1 aliphatic heterocycles. The standard InChI is InChI=1S/C27H29FN6O2/c1-3-24-22(7-4-19-5-9-25(29)30-15-19)26(32-17-31-24)20-6-8-21(23(28)14-20)27(36)34-12-10-33(11-13-34)16-18(2)35/h5-6,8-9,14-15,17-18,35H,3,10-13,16H2,1-2H3,(H2,29,30). The van der Waals surface area contributed by atoms with Crippen molar-refractivity contribution in [2.45, 2.75) is 26.4 Å². The monoisotopic (exact) mass is 488 g/mol. The van der Waals surface area contributed by atoms with Gasteiger partial charge in [-0.15, -0.1) is 0 Å². The number of β-amino-alcohol motifs (C(OH)–C–C–N with tert-alkyl or cyclic N) is 1. The molecule has 9 heteroatoms. The molecule has 1 saturated heterocycles. The molecule has 0 bridgehead atoms. The zero-order valence-electron chi connectivity index (χ0n) is 20.4. The van der Waals surface area contributed by atoms with Gasteiger partial charge in [-0.2, -0.15) is 0 Å². The predicted octanol–water partition coefficient (Wildman–Crippen LogP) is 2.36. The van der Waals surface area contributed by atoms with E-state index in [-0.39, 0.29) is 11.5 Å². The van der Waals surface area contributed by atoms with E-state index in [1.54, 1.807) is 36.2 Å². The van der Waals surface area contributed by atoms with E-state index in [0.29, 0.717) is 67.3 Å². The molecule has 2 aromatic heterocycles. The number of rotatable bonds is 5. The van der Waals surface area contributed by atoms with Crippen LogP contribution in [0.1, 0.15) is 41.0 Å². The molecule has 0 radical (unpaired) electrons. The number of amides is 1. The number of anilines is 1. The first-order valence-electron chi connectivity index (χ1n) is 11.9. The van der Waals surface area contributed by atoms with Gasteiger partial charge >= 0.3 is 0 Å². The number of pyridine rings is 1. The molecule has 0 saturated carbocycles. The molecule has 4 rings (SSSR count). The molecule has 1 aliphatic rings. The van der Waals surface area contributed by atoms with Crippen LogP contribution >= 0.6 is 0 Å². The first-order valence-corrected chi connectivity index (χ1v) is 11.9. The Morgan fingerprint density at radius 2 is 1.92 bits per heavy atom. The molecule has 36 heavy (non-hydrogen) atoms. The minimum Gasteiger partial charge on any atom is -0.392 e. The summed E-state index contributed by atoms with van der Waals surface area (Å²) in [5, 5.41) is 9.57. The van der Waals surface area contributed by atoms with E-state index in [1.165, 1.54) is 18.5 Å². The lowest BCUT2D eigenvalue weighted by Crippen LogP contribution is -2.50. The van der Waals surface area contributed by atoms with Crippen LogP contribution < -0.4 is 5.73 Å². The summed E-state index contributed by atoms with van der Waals surface area (Å²) >= 11 is 0. The normalized spacial score (nSPS) is 14.7. The van der Waals surface area contributed by atoms with Gasteiger partial charge < -0.3 is 15.7 Å². The highest BCUT2D eigenvalue weighted by atomic mass is 19.1. The molecule has 1 fully saturated rings. The summed E-state index contributed by atoms with van der Waals surface area (Å²) in [6.45, 7) is 6.51. The zero-order valence-corrected chi connectivity index (χ0v) is 20.4. The van der Waals surface area contributed by atoms with Gasteiger partial charge in [-0.05, 0) is 37.6 Å². The van der Waals surface area contributed by atoms with Crippen molar-refractivity contribution in [2.24, 2.45) is 0 Å². The van der Waals surface area contributed by atoms with Gasteiger partial charge in [-0.1, -0.05) is 24.8 Å². The van der Waals surface area contributed by atoms with Crippen LogP contribution in [0.2, 0.25) is 0 Å². The molecular formula is C27H29FN6O2. The van der Waals surface area contributed by atoms with Crippen molar-refractivity contribution in [3.05, 3.63) is 71.1 Å². The van der Waals surface area contributed by atoms with Crippen LogP contribution in [-0.2, 0) is 6.42 Å². The molecule has 186 valence electrons. The average molecular weight is 489 g/mol. The summed E-state index contributed by atoms with van der Waals surface area (Å²) in [6, 6.07) is 7.97. The number of aromatic nitrogens is 3. The van der Waals surface area contributed by atoms with Gasteiger partial charge in [0.25, 0.3) is 5.91 Å². The lowest BCUT2D eigenvalue weighted by atomic mass is 10.0. The van der Waals surface area contributed by atoms with Crippen molar-refractivity contribution >= 4 is 11.7 Å². The second-order valence-corrected chi connectivity index (χ2v) is 8.76. The summed E-state index contributed by atoms with van der Waals surface area (Å²) in [4.78, 5) is 29.5. The second-order valence-electron chi connectivity index (χ2n) is 8.76. The van der Waals surface area contributed by atoms with E-state index in [9.17, 15) is 9.90 Å². The Kier molecular flexibility index (Phi) is 7.88. The van der Waals surface area contributed by atoms with Gasteiger partial charge in [0.1, 0.15) is 18.0 Å². The third-order valence-electron chi connectivity index (χ3n) is 6.03. The number of hydrogen-bond donors (Lipinski definition) is 2. The summed E-state index contributed by atoms with van der Waals surface area (Å²) in [6.07, 6.45) is 3.22. The fraction of sp³-hybridized carbons (Fsp3) is 0.333. The first-order chi connectivity index (χ1) is 17.4. The highest BCUT2D eigenvalue weighted by Gasteiger charge is 2.25. The van der Waals surface area contributed by atoms with E-state index < -0.39 is 11.9 Å². The topological polar surface area (TPSA) is 108 Å². The second kappa shape index (κ2) is 11.2. The molecule has 0 spiro atoms. The van der Waals surface area contributed by atoms with E-state index in [0.717, 1.165) is 5.69 Å². The van der Waals surface area contributed by atoms with Crippen molar-refractivity contribution in [2.75, 3.05) is 38.5 Å². The SMILES string of the molecule is CCc1ncnc(-c2ccc(C(=O)N3CCN(CC(C)O)CC3)c(F)c2)c1C#Cc1ccc(N)nc1. The number of piperazine rings is 1. The van der Waals surface area contributed by atoms with Crippen molar-refractivity contribution in [3.63, 3.8) is 0 Å². The van der Waals surface area contributed by atoms with Gasteiger partial charge in [0, 0.05) is 50.0 Å². The van der Waals surface area contributed by atoms with Crippen molar-refractivity contribution in [1.82, 2.24) is 24.8 Å². The molecule has 1 atom stereocenters. The van der Waals surface area contributed by atoms with Gasteiger partial charge in [0.2, 0.25) is 0 Å². The molecule has 8 nitrogen and oxygen atoms in total. The lowest BCUT2D eigenvalue weighted by molar-refractivity contribution is 0.0550. The maximum Gasteiger partial charge on any atom is 0.256 e. The number of aliphatic hydroxyl groups excluding tert-OH is 1. The van der Waals surface area contributed by atoms with Crippen molar-refractivity contribution in [3.8, 4) is 23.1 Å². The number of nitrogens with zero attached hydrogens (tertiary/aromatic N) is 5. The number of aryl methyl sites for hydroxylation is 1. The lowest BCUT2D eigenvalue weighted by Gasteiger charge is -2.35. The third kappa shape index (κ3) is 5.85. The minimum atomic E-state index is -0.609. The summed E-state index contributed by atoms with van der Waals surface area (Å²) in [5.41, 5.74) is 8.71. The number of carbonyl (C=O) groups is 1. The average Bonchev–Trinajstić information content (AvgIpc) is 2.88. The number of halogens is 1. The molecular weight excluding hydrogens is 459 g/mol. The van der Waals surface area contributed by atoms with Crippen LogP contribution in [0.3, 0.4) is 0 Å². The van der Waals surface area contributed by atoms with Crippen LogP contribution in [0.5, 0.6) is 0 Å². The number of benzene rings is 1. The fourth-order valence-electron chi connectivity index (χ4n) is 4.17. The maximum absolute atomic E-state index is 15.2. The Bertz CT molecular complexity index is 1290. The van der Waals surface area contributed by atoms with Crippen molar-refractivity contribution < 1.29 is 14.3 Å². The first kappa shape index (κ1) is 25.2. The van der Waals surface area contributed by atoms with E-state index >= 15 is 4.39 Å². The zero-order chi connectivity index (χ0) is 25.7. The van der Waals surface area contributed by atoms with Gasteiger partial charge in [0.15, 0.2) is 0 Å². The van der Waals surface area contributed by atoms with Crippen molar-refractivity contribution in [1.29, 1.82) is 0 Å². The number of nitrogen functional groups attached to an aromatic ring is 1. The Morgan fingerprint density at radius 1 is 1.14 bits per heavy atom. The predicted molar refractivity (Wildman–Crippen MR) is 135 cm³/mol. The molecule has 1 amide bonds. The third-order valence-corrected chi connectivity index (χ3v) is 6.03. The van der Waals surface area contributed by atoms with E-state index in [4.69, 9.17) is 5.73 Å². The Hall–Kier alpha value is -3.87. The van der Waals surface area contributed by atoms with Crippen LogP contribution in [0, 0.1) is 17.7 Å². The van der Waals surface area contributed by atoms with Crippen LogP contribution in [0.15, 0.2) is 42.9 Å². The highest BCUT2D eigenvalue weighted by Crippen LogP contribution is 2.26. The molecule has 1 unspecified atom stereocenters. The van der Waals surface area contributed by atoms with E-state index in [1.807, 2.05) is 6.92 Å². The molecule has 3 heterocycles. The molecule has 1 aromatic carbocycles. The molecule has 0 aliphatic carbocycles. The minimum absolute atomic E-state index is 0.0214. The van der Waals surface area contributed by atoms with Gasteiger partial charge in [0.05, 0.1) is 28.6 Å². The van der Waals surface area contributed by atoms with Gasteiger partial charge in [-0.25, -0.2) is 19.3 Å². The molecule has 3 aromatic rings. The largest absolute Gasteiger partial charge is 0.392 e. The Morgan fingerprint density at radius 3 is 2.56 bits per heavy atom. The quantitative estimate of drug-likeness (QED) is 0.531. The van der Waals surface area contributed by atoms with Crippen LogP contribution in [0.25, 0.3) is 11.3 Å². The Balaban J connectivity index is 1.59. The number of aliphatic hydroxyl groups is 1. The summed E-state index contributed by atoms with van der Waals surface area (Å²) in [7, 11) is 0. The van der Waals surface area contributed by atoms with Crippen LogP contribution in [0.4, 0.5) is 10.2 Å². The summed E-state index contributed by atoms with van der Waals surface area (Å²) in [5.74, 6) is 5.63. The Labute approximate surface area is 210 Å². The highest BCUT2D eigenvalue weighted by molar-refractivity contribution is 5.95. The van der Waals surface area contributed by atoms with E-state index in [2.05, 4.69) is 31.7 Å². The number of nitrogens with two attached hydrogens (primary N) is 1. The molecule has 3 N–H and O–H groups in total. The summed E-state index contributed by atoms with van der Waals surface area (Å²) < 4.78 is 15.2. The smallest absolute Gasteiger partial charge is 0.256 e. The number of hydrogen-bond acceptors (Lipinski definition) is 7.